The number of fused-ring (bicyclic) bond motifs is 2. The second kappa shape index (κ2) is 10.9. The van der Waals surface area contributed by atoms with E-state index in [4.69, 9.17) is 18.6 Å². The van der Waals surface area contributed by atoms with Crippen molar-refractivity contribution in [2.24, 2.45) is 0 Å². The van der Waals surface area contributed by atoms with Crippen molar-refractivity contribution < 1.29 is 33.3 Å². The van der Waals surface area contributed by atoms with Gasteiger partial charge in [-0.25, -0.2) is 0 Å². The average Bonchev–Trinajstić information content (AvgIpc) is 3.21. The second-order valence-corrected chi connectivity index (χ2v) is 10.5. The van der Waals surface area contributed by atoms with Crippen LogP contribution in [0.1, 0.15) is 40.5 Å². The number of phenols is 1. The van der Waals surface area contributed by atoms with Crippen LogP contribution in [0.3, 0.4) is 0 Å². The Morgan fingerprint density at radius 3 is 2.27 bits per heavy atom. The van der Waals surface area contributed by atoms with Crippen LogP contribution in [0, 0.1) is 0 Å². The SMILES string of the molecule is C=CC(C)(C)Oc1cc(O)c2c(=O)c3ccc(OC(C)(C)C=C)c(OC/C=C/CN4C(=O)CCC4=O)c3oc2c1. The van der Waals surface area contributed by atoms with Crippen molar-refractivity contribution in [1.82, 2.24) is 4.90 Å². The molecule has 2 aromatic carbocycles. The summed E-state index contributed by atoms with van der Waals surface area (Å²) >= 11 is 0. The summed E-state index contributed by atoms with van der Waals surface area (Å²) in [6.45, 7) is 15.0. The highest BCUT2D eigenvalue weighted by Gasteiger charge is 2.27. The van der Waals surface area contributed by atoms with E-state index in [-0.39, 0.29) is 77.0 Å². The molecule has 2 heterocycles. The number of nitrogens with zero attached hydrogens (tertiary/aromatic N) is 1. The number of carbonyl (C=O) groups excluding carboxylic acids is 2. The molecular weight excluding hydrogens is 514 g/mol. The van der Waals surface area contributed by atoms with E-state index in [9.17, 15) is 19.5 Å². The van der Waals surface area contributed by atoms with Gasteiger partial charge in [-0.2, -0.15) is 0 Å². The van der Waals surface area contributed by atoms with Gasteiger partial charge in [-0.05, 0) is 58.1 Å². The Balaban J connectivity index is 1.77. The van der Waals surface area contributed by atoms with Gasteiger partial charge in [0.1, 0.15) is 40.3 Å². The molecule has 1 aliphatic heterocycles. The maximum Gasteiger partial charge on any atom is 0.229 e. The summed E-state index contributed by atoms with van der Waals surface area (Å²) in [4.78, 5) is 38.4. The predicted molar refractivity (Wildman–Crippen MR) is 152 cm³/mol. The lowest BCUT2D eigenvalue weighted by Crippen LogP contribution is -2.29. The minimum atomic E-state index is -0.773. The van der Waals surface area contributed by atoms with Crippen molar-refractivity contribution in [3.8, 4) is 23.0 Å². The zero-order valence-corrected chi connectivity index (χ0v) is 23.1. The van der Waals surface area contributed by atoms with Crippen LogP contribution in [0.4, 0.5) is 0 Å². The molecule has 9 nitrogen and oxygen atoms in total. The molecule has 0 aliphatic carbocycles. The summed E-state index contributed by atoms with van der Waals surface area (Å²) in [5, 5.41) is 10.9. The summed E-state index contributed by atoms with van der Waals surface area (Å²) < 4.78 is 24.2. The van der Waals surface area contributed by atoms with Gasteiger partial charge < -0.3 is 23.7 Å². The molecule has 1 N–H and O–H groups in total. The molecular formula is C31H33NO8. The van der Waals surface area contributed by atoms with Crippen molar-refractivity contribution in [1.29, 1.82) is 0 Å². The Hall–Kier alpha value is -4.53. The number of amides is 2. The van der Waals surface area contributed by atoms with Crippen molar-refractivity contribution in [2.45, 2.75) is 51.7 Å². The van der Waals surface area contributed by atoms with E-state index in [0.717, 1.165) is 0 Å². The zero-order chi connectivity index (χ0) is 29.2. The van der Waals surface area contributed by atoms with Gasteiger partial charge in [0.05, 0.1) is 5.39 Å². The van der Waals surface area contributed by atoms with Crippen LogP contribution in [0.15, 0.2) is 70.9 Å². The van der Waals surface area contributed by atoms with Crippen LogP contribution in [-0.2, 0) is 9.59 Å². The molecule has 3 aromatic rings. The summed E-state index contributed by atoms with van der Waals surface area (Å²) in [6.07, 6.45) is 7.01. The van der Waals surface area contributed by atoms with E-state index in [1.54, 1.807) is 50.3 Å². The second-order valence-electron chi connectivity index (χ2n) is 10.5. The Kier molecular flexibility index (Phi) is 7.77. The monoisotopic (exact) mass is 547 g/mol. The first-order chi connectivity index (χ1) is 18.9. The van der Waals surface area contributed by atoms with E-state index in [2.05, 4.69) is 13.2 Å². The fraction of sp³-hybridized carbons (Fsp3) is 0.323. The highest BCUT2D eigenvalue weighted by atomic mass is 16.5. The van der Waals surface area contributed by atoms with Gasteiger partial charge >= 0.3 is 0 Å². The van der Waals surface area contributed by atoms with Gasteiger partial charge in [0, 0.05) is 31.5 Å². The van der Waals surface area contributed by atoms with Crippen LogP contribution in [0.25, 0.3) is 21.9 Å². The number of phenolic OH excluding ortho intramolecular Hbond substituents is 1. The fourth-order valence-corrected chi connectivity index (χ4v) is 4.11. The van der Waals surface area contributed by atoms with E-state index in [1.807, 2.05) is 13.8 Å². The topological polar surface area (TPSA) is 116 Å². The largest absolute Gasteiger partial charge is 0.507 e. The molecule has 1 saturated heterocycles. The summed E-state index contributed by atoms with van der Waals surface area (Å²) in [6, 6.07) is 6.03. The number of carbonyl (C=O) groups is 2. The van der Waals surface area contributed by atoms with Gasteiger partial charge in [0.2, 0.25) is 23.0 Å². The first kappa shape index (κ1) is 28.5. The molecule has 210 valence electrons. The Bertz CT molecular complexity index is 1580. The molecule has 1 aromatic heterocycles. The Morgan fingerprint density at radius 1 is 0.975 bits per heavy atom. The molecule has 9 heteroatoms. The molecule has 0 spiro atoms. The quantitative estimate of drug-likeness (QED) is 0.192. The number of hydrogen-bond donors (Lipinski definition) is 1. The van der Waals surface area contributed by atoms with Crippen LogP contribution in [0.5, 0.6) is 23.0 Å². The van der Waals surface area contributed by atoms with Gasteiger partial charge in [-0.1, -0.05) is 19.2 Å². The van der Waals surface area contributed by atoms with Crippen molar-refractivity contribution in [2.75, 3.05) is 13.2 Å². The van der Waals surface area contributed by atoms with Crippen LogP contribution in [-0.4, -0.2) is 46.2 Å². The molecule has 1 aliphatic rings. The molecule has 4 rings (SSSR count). The van der Waals surface area contributed by atoms with E-state index < -0.39 is 16.6 Å². The zero-order valence-electron chi connectivity index (χ0n) is 23.1. The maximum atomic E-state index is 13.5. The predicted octanol–water partition coefficient (Wildman–Crippen LogP) is 5.42. The number of aromatic hydroxyl groups is 1. The van der Waals surface area contributed by atoms with E-state index in [1.165, 1.54) is 17.0 Å². The van der Waals surface area contributed by atoms with Crippen molar-refractivity contribution in [3.63, 3.8) is 0 Å². The summed E-state index contributed by atoms with van der Waals surface area (Å²) in [5.41, 5.74) is -1.75. The van der Waals surface area contributed by atoms with Crippen LogP contribution >= 0.6 is 0 Å². The third-order valence-corrected chi connectivity index (χ3v) is 6.49. The highest BCUT2D eigenvalue weighted by molar-refractivity contribution is 6.02. The lowest BCUT2D eigenvalue weighted by molar-refractivity contribution is -0.137. The first-order valence-electron chi connectivity index (χ1n) is 12.9. The number of benzene rings is 2. The minimum absolute atomic E-state index is 0.00198. The maximum absolute atomic E-state index is 13.5. The lowest BCUT2D eigenvalue weighted by atomic mass is 10.1. The van der Waals surface area contributed by atoms with Gasteiger partial charge in [-0.3, -0.25) is 19.3 Å². The average molecular weight is 548 g/mol. The Labute approximate surface area is 231 Å². The van der Waals surface area contributed by atoms with E-state index in [0.29, 0.717) is 5.75 Å². The van der Waals surface area contributed by atoms with Gasteiger partial charge in [-0.15, -0.1) is 0 Å². The number of hydrogen-bond acceptors (Lipinski definition) is 8. The molecule has 0 saturated carbocycles. The van der Waals surface area contributed by atoms with Gasteiger partial charge in [0.25, 0.3) is 0 Å². The number of imide groups is 1. The standard InChI is InChI=1S/C31H33NO8/c1-7-30(3,4)39-19-17-21(33)26-23(18-19)38-28-20(27(26)36)11-12-22(40-31(5,6)8-2)29(28)37-16-10-9-15-32-24(34)13-14-25(32)35/h7-12,17-18,33H,1-2,13-16H2,3-6H3/b10-9+. The lowest BCUT2D eigenvalue weighted by Gasteiger charge is -2.24. The van der Waals surface area contributed by atoms with Crippen molar-refractivity contribution >= 4 is 33.8 Å². The van der Waals surface area contributed by atoms with E-state index >= 15 is 0 Å². The molecule has 0 unspecified atom stereocenters. The normalized spacial score (nSPS) is 14.3. The third kappa shape index (κ3) is 5.88. The molecule has 1 fully saturated rings. The molecule has 2 amide bonds. The molecule has 40 heavy (non-hydrogen) atoms. The summed E-state index contributed by atoms with van der Waals surface area (Å²) in [7, 11) is 0. The molecule has 0 atom stereocenters. The number of rotatable bonds is 11. The minimum Gasteiger partial charge on any atom is -0.507 e. The van der Waals surface area contributed by atoms with Crippen molar-refractivity contribution in [3.05, 3.63) is 72.0 Å². The first-order valence-corrected chi connectivity index (χ1v) is 12.9. The highest BCUT2D eigenvalue weighted by Crippen LogP contribution is 2.40. The number of ether oxygens (including phenoxy) is 3. The smallest absolute Gasteiger partial charge is 0.229 e. The summed E-state index contributed by atoms with van der Waals surface area (Å²) in [5.74, 6) is 0.0678. The number of likely N-dealkylation sites (tertiary alicyclic amines) is 1. The van der Waals surface area contributed by atoms with Gasteiger partial charge in [0.15, 0.2) is 11.3 Å². The molecule has 0 radical (unpaired) electrons. The Morgan fingerprint density at radius 2 is 1.62 bits per heavy atom. The van der Waals surface area contributed by atoms with Crippen LogP contribution < -0.4 is 19.6 Å². The molecule has 0 bridgehead atoms. The fourth-order valence-electron chi connectivity index (χ4n) is 4.11. The van der Waals surface area contributed by atoms with Crippen LogP contribution in [0.2, 0.25) is 0 Å². The third-order valence-electron chi connectivity index (χ3n) is 6.49.